The molecule has 9 heteroatoms. The van der Waals surface area contributed by atoms with E-state index in [1.54, 1.807) is 16.2 Å². The molecule has 0 radical (unpaired) electrons. The molecule has 0 unspecified atom stereocenters. The number of nitrogens with one attached hydrogen (secondary N) is 1. The van der Waals surface area contributed by atoms with Gasteiger partial charge in [0.2, 0.25) is 0 Å². The number of carbonyl (C=O) groups excluding carboxylic acids is 1. The Labute approximate surface area is 181 Å². The Morgan fingerprint density at radius 1 is 1.13 bits per heavy atom. The number of carbonyl (C=O) groups is 1. The predicted molar refractivity (Wildman–Crippen MR) is 114 cm³/mol. The van der Waals surface area contributed by atoms with E-state index >= 15 is 0 Å². The van der Waals surface area contributed by atoms with Crippen LogP contribution in [0.5, 0.6) is 0 Å². The summed E-state index contributed by atoms with van der Waals surface area (Å²) in [5.41, 5.74) is 0.986. The summed E-state index contributed by atoms with van der Waals surface area (Å²) >= 11 is 1.63. The molecule has 0 atom stereocenters. The van der Waals surface area contributed by atoms with Gasteiger partial charge in [0.1, 0.15) is 22.3 Å². The molecule has 0 saturated carbocycles. The molecule has 2 aromatic heterocycles. The number of amides is 1. The van der Waals surface area contributed by atoms with Crippen molar-refractivity contribution in [3.63, 3.8) is 0 Å². The van der Waals surface area contributed by atoms with Crippen LogP contribution in [0.3, 0.4) is 0 Å². The average molecular weight is 445 g/mol. The fourth-order valence-electron chi connectivity index (χ4n) is 4.44. The average Bonchev–Trinajstić information content (AvgIpc) is 3.12. The number of aromatic amines is 1. The molecule has 0 spiro atoms. The highest BCUT2D eigenvalue weighted by molar-refractivity contribution is 7.18. The molecule has 0 bridgehead atoms. The van der Waals surface area contributed by atoms with E-state index in [4.69, 9.17) is 4.98 Å². The maximum atomic E-state index is 13.9. The minimum atomic E-state index is -0.846. The second kappa shape index (κ2) is 8.12. The zero-order valence-electron chi connectivity index (χ0n) is 16.9. The second-order valence-corrected chi connectivity index (χ2v) is 9.18. The van der Waals surface area contributed by atoms with Gasteiger partial charge in [0, 0.05) is 37.1 Å². The topological polar surface area (TPSA) is 69.3 Å². The number of H-pyrrole nitrogens is 1. The van der Waals surface area contributed by atoms with Crippen LogP contribution in [0.15, 0.2) is 23.0 Å². The maximum absolute atomic E-state index is 13.9. The number of rotatable bonds is 3. The van der Waals surface area contributed by atoms with Crippen LogP contribution in [-0.2, 0) is 19.4 Å². The molecule has 1 aliphatic carbocycles. The normalized spacial score (nSPS) is 17.2. The first kappa shape index (κ1) is 20.3. The molecule has 2 aliphatic rings. The highest BCUT2D eigenvalue weighted by atomic mass is 32.1. The Morgan fingerprint density at radius 3 is 2.68 bits per heavy atom. The molecular formula is C22H22F2N4O2S. The molecule has 3 aromatic rings. The first-order valence-corrected chi connectivity index (χ1v) is 11.3. The second-order valence-electron chi connectivity index (χ2n) is 8.10. The van der Waals surface area contributed by atoms with Crippen molar-refractivity contribution in [1.82, 2.24) is 19.8 Å². The summed E-state index contributed by atoms with van der Waals surface area (Å²) < 4.78 is 27.0. The molecule has 1 aromatic carbocycles. The Balaban J connectivity index is 1.27. The lowest BCUT2D eigenvalue weighted by molar-refractivity contribution is 0.0621. The van der Waals surface area contributed by atoms with Crippen molar-refractivity contribution in [2.24, 2.45) is 0 Å². The number of aryl methyl sites for hydroxylation is 2. The lowest BCUT2D eigenvalue weighted by Crippen LogP contribution is -2.48. The molecule has 6 nitrogen and oxygen atoms in total. The molecule has 1 aliphatic heterocycles. The largest absolute Gasteiger partial charge is 0.336 e. The Bertz CT molecular complexity index is 1210. The quantitative estimate of drug-likeness (QED) is 0.674. The van der Waals surface area contributed by atoms with Gasteiger partial charge in [-0.05, 0) is 43.4 Å². The Hall–Kier alpha value is -2.65. The number of piperazine rings is 1. The zero-order valence-corrected chi connectivity index (χ0v) is 17.7. The molecule has 31 heavy (non-hydrogen) atoms. The lowest BCUT2D eigenvalue weighted by Gasteiger charge is -2.34. The van der Waals surface area contributed by atoms with Gasteiger partial charge in [0.05, 0.1) is 17.5 Å². The number of hydrogen-bond acceptors (Lipinski definition) is 5. The molecule has 1 fully saturated rings. The van der Waals surface area contributed by atoms with Gasteiger partial charge in [-0.3, -0.25) is 14.5 Å². The van der Waals surface area contributed by atoms with E-state index in [1.165, 1.54) is 16.5 Å². The maximum Gasteiger partial charge on any atom is 0.259 e. The van der Waals surface area contributed by atoms with Gasteiger partial charge in [-0.1, -0.05) is 0 Å². The predicted octanol–water partition coefficient (Wildman–Crippen LogP) is 3.10. The molecular weight excluding hydrogens is 422 g/mol. The van der Waals surface area contributed by atoms with Gasteiger partial charge in [-0.2, -0.15) is 0 Å². The summed E-state index contributed by atoms with van der Waals surface area (Å²) in [5.74, 6) is -1.36. The highest BCUT2D eigenvalue weighted by Gasteiger charge is 2.25. The third-order valence-corrected chi connectivity index (χ3v) is 7.25. The summed E-state index contributed by atoms with van der Waals surface area (Å²) in [6.45, 7) is 2.50. The third-order valence-electron chi connectivity index (χ3n) is 6.07. The van der Waals surface area contributed by atoms with Gasteiger partial charge >= 0.3 is 0 Å². The van der Waals surface area contributed by atoms with Crippen LogP contribution in [0, 0.1) is 11.6 Å². The van der Waals surface area contributed by atoms with E-state index < -0.39 is 17.5 Å². The summed E-state index contributed by atoms with van der Waals surface area (Å²) in [6.07, 6.45) is 4.25. The van der Waals surface area contributed by atoms with Gasteiger partial charge in [-0.15, -0.1) is 11.3 Å². The Kier molecular flexibility index (Phi) is 5.31. The van der Waals surface area contributed by atoms with E-state index in [9.17, 15) is 18.4 Å². The van der Waals surface area contributed by atoms with Crippen LogP contribution in [0.2, 0.25) is 0 Å². The van der Waals surface area contributed by atoms with Crippen LogP contribution in [0.1, 0.15) is 39.5 Å². The van der Waals surface area contributed by atoms with Crippen molar-refractivity contribution in [3.05, 3.63) is 62.0 Å². The minimum Gasteiger partial charge on any atom is -0.336 e. The van der Waals surface area contributed by atoms with E-state index in [0.29, 0.717) is 38.5 Å². The van der Waals surface area contributed by atoms with Crippen LogP contribution in [0.25, 0.3) is 10.2 Å². The van der Waals surface area contributed by atoms with Gasteiger partial charge in [0.15, 0.2) is 0 Å². The molecule has 5 rings (SSSR count). The van der Waals surface area contributed by atoms with Crippen LogP contribution >= 0.6 is 11.3 Å². The van der Waals surface area contributed by atoms with Crippen molar-refractivity contribution in [2.45, 2.75) is 32.2 Å². The van der Waals surface area contributed by atoms with E-state index in [2.05, 4.69) is 9.88 Å². The lowest BCUT2D eigenvalue weighted by atomic mass is 9.97. The molecule has 1 N–H and O–H groups in total. The van der Waals surface area contributed by atoms with E-state index in [1.807, 2.05) is 0 Å². The first-order chi connectivity index (χ1) is 15.0. The summed E-state index contributed by atoms with van der Waals surface area (Å²) in [6, 6.07) is 3.00. The first-order valence-electron chi connectivity index (χ1n) is 10.5. The van der Waals surface area contributed by atoms with Crippen LogP contribution in [-0.4, -0.2) is 51.9 Å². The SMILES string of the molecule is O=C(c1ccc(F)cc1F)N1CCN(Cc2nc3sc4c(c3c(=O)[nH]2)CCCC4)CC1. The summed E-state index contributed by atoms with van der Waals surface area (Å²) in [7, 11) is 0. The monoisotopic (exact) mass is 444 g/mol. The molecule has 3 heterocycles. The third kappa shape index (κ3) is 3.87. The Morgan fingerprint density at radius 2 is 1.90 bits per heavy atom. The fraction of sp³-hybridized carbons (Fsp3) is 0.409. The molecule has 1 saturated heterocycles. The van der Waals surface area contributed by atoms with Gasteiger partial charge in [-0.25, -0.2) is 13.8 Å². The summed E-state index contributed by atoms with van der Waals surface area (Å²) in [5, 5.41) is 0.750. The summed E-state index contributed by atoms with van der Waals surface area (Å²) in [4.78, 5) is 38.7. The smallest absolute Gasteiger partial charge is 0.259 e. The van der Waals surface area contributed by atoms with Crippen molar-refractivity contribution >= 4 is 27.5 Å². The number of hydrogen-bond donors (Lipinski definition) is 1. The van der Waals surface area contributed by atoms with Crippen molar-refractivity contribution in [1.29, 1.82) is 0 Å². The van der Waals surface area contributed by atoms with E-state index in [-0.39, 0.29) is 11.1 Å². The number of nitrogens with zero attached hydrogens (tertiary/aromatic N) is 3. The van der Waals surface area contributed by atoms with Gasteiger partial charge in [0.25, 0.3) is 11.5 Å². The molecule has 1 amide bonds. The van der Waals surface area contributed by atoms with E-state index in [0.717, 1.165) is 48.0 Å². The van der Waals surface area contributed by atoms with Crippen molar-refractivity contribution < 1.29 is 13.6 Å². The molecule has 162 valence electrons. The fourth-order valence-corrected chi connectivity index (χ4v) is 5.72. The van der Waals surface area contributed by atoms with Crippen LogP contribution < -0.4 is 5.56 Å². The number of benzene rings is 1. The number of halogens is 2. The van der Waals surface area contributed by atoms with Gasteiger partial charge < -0.3 is 9.88 Å². The number of thiophene rings is 1. The number of fused-ring (bicyclic) bond motifs is 3. The standard InChI is InChI=1S/C22H22F2N4O2S/c23-13-5-6-14(16(24)11-13)22(30)28-9-7-27(8-10-28)12-18-25-20(29)19-15-3-1-2-4-17(15)31-21(19)26-18/h5-6,11H,1-4,7-10,12H2,(H,25,26,29). The minimum absolute atomic E-state index is 0.0694. The van der Waals surface area contributed by atoms with Crippen molar-refractivity contribution in [3.8, 4) is 0 Å². The number of aromatic nitrogens is 2. The van der Waals surface area contributed by atoms with Crippen LogP contribution in [0.4, 0.5) is 8.78 Å². The zero-order chi connectivity index (χ0) is 21.5. The highest BCUT2D eigenvalue weighted by Crippen LogP contribution is 2.33. The van der Waals surface area contributed by atoms with Crippen molar-refractivity contribution in [2.75, 3.05) is 26.2 Å².